The van der Waals surface area contributed by atoms with E-state index < -0.39 is 31.5 Å². The van der Waals surface area contributed by atoms with Crippen LogP contribution in [-0.4, -0.2) is 23.4 Å². The Morgan fingerprint density at radius 1 is 0.941 bits per heavy atom. The van der Waals surface area contributed by atoms with Gasteiger partial charge in [-0.3, -0.25) is 0 Å². The highest BCUT2D eigenvalue weighted by molar-refractivity contribution is 7.92. The van der Waals surface area contributed by atoms with E-state index in [1.165, 1.54) is 24.3 Å². The molecule has 0 atom stereocenters. The van der Waals surface area contributed by atoms with E-state index >= 15 is 0 Å². The molecule has 0 fully saturated rings. The zero-order valence-electron chi connectivity index (χ0n) is 18.8. The molecule has 3 aromatic rings. The lowest BCUT2D eigenvalue weighted by Crippen LogP contribution is -2.28. The molecule has 0 amide bonds. The van der Waals surface area contributed by atoms with Gasteiger partial charge in [-0.1, -0.05) is 44.2 Å². The minimum atomic E-state index is -4.14. The van der Waals surface area contributed by atoms with Crippen molar-refractivity contribution in [3.63, 3.8) is 0 Å². The summed E-state index contributed by atoms with van der Waals surface area (Å²) in [5.74, 6) is -1.30. The van der Waals surface area contributed by atoms with Crippen LogP contribution in [0, 0.1) is 11.6 Å². The second-order valence-corrected chi connectivity index (χ2v) is 12.3. The molecule has 180 valence electrons. The third-order valence-electron chi connectivity index (χ3n) is 6.02. The second kappa shape index (κ2) is 9.20. The summed E-state index contributed by atoms with van der Waals surface area (Å²) in [5.41, 5.74) is 1.86. The number of fused-ring (bicyclic) bond motifs is 2. The lowest BCUT2D eigenvalue weighted by Gasteiger charge is -2.18. The van der Waals surface area contributed by atoms with E-state index in [-0.39, 0.29) is 33.6 Å². The number of hydrogen-bond acceptors (Lipinski definition) is 4. The van der Waals surface area contributed by atoms with Crippen molar-refractivity contribution < 1.29 is 25.6 Å². The molecule has 0 aromatic heterocycles. The van der Waals surface area contributed by atoms with Gasteiger partial charge in [0.1, 0.15) is 11.6 Å². The molecule has 1 N–H and O–H groups in total. The average molecular weight is 506 g/mol. The highest BCUT2D eigenvalue weighted by Gasteiger charge is 2.32. The van der Waals surface area contributed by atoms with Gasteiger partial charge in [-0.15, -0.1) is 0 Å². The average Bonchev–Trinajstić information content (AvgIpc) is 2.88. The van der Waals surface area contributed by atoms with Crippen LogP contribution in [0.5, 0.6) is 0 Å². The fourth-order valence-electron chi connectivity index (χ4n) is 4.23. The molecular weight excluding hydrogens is 480 g/mol. The van der Waals surface area contributed by atoms with E-state index in [2.05, 4.69) is 4.72 Å². The van der Waals surface area contributed by atoms with Gasteiger partial charge in [0.25, 0.3) is 0 Å². The first-order valence-corrected chi connectivity index (χ1v) is 13.9. The van der Waals surface area contributed by atoms with E-state index in [4.69, 9.17) is 0 Å². The Morgan fingerprint density at radius 2 is 1.62 bits per heavy atom. The van der Waals surface area contributed by atoms with Gasteiger partial charge in [-0.2, -0.15) is 0 Å². The zero-order chi connectivity index (χ0) is 24.7. The lowest BCUT2D eigenvalue weighted by molar-refractivity contribution is 0.574. The Morgan fingerprint density at radius 3 is 2.32 bits per heavy atom. The fourth-order valence-corrected chi connectivity index (χ4v) is 7.50. The molecule has 4 rings (SSSR count). The van der Waals surface area contributed by atoms with Crippen molar-refractivity contribution in [2.24, 2.45) is 0 Å². The number of rotatable bonds is 6. The number of aryl methyl sites for hydroxylation is 2. The molecule has 1 heterocycles. The highest BCUT2D eigenvalue weighted by atomic mass is 32.2. The predicted octanol–water partition coefficient (Wildman–Crippen LogP) is 4.54. The summed E-state index contributed by atoms with van der Waals surface area (Å²) in [4.78, 5) is -0.409. The van der Waals surface area contributed by atoms with Gasteiger partial charge in [0.05, 0.1) is 14.7 Å². The molecule has 5 nitrogen and oxygen atoms in total. The number of sulfone groups is 1. The molecule has 1 aliphatic rings. The van der Waals surface area contributed by atoms with Crippen molar-refractivity contribution in [2.75, 3.05) is 6.54 Å². The third-order valence-corrected chi connectivity index (χ3v) is 9.46. The molecule has 9 heteroatoms. The van der Waals surface area contributed by atoms with Crippen LogP contribution in [0.2, 0.25) is 0 Å². The first kappa shape index (κ1) is 24.5. The number of halogens is 2. The quantitative estimate of drug-likeness (QED) is 0.533. The summed E-state index contributed by atoms with van der Waals surface area (Å²) in [6, 6.07) is 12.6. The predicted molar refractivity (Wildman–Crippen MR) is 125 cm³/mol. The smallest absolute Gasteiger partial charge is 0.218 e. The van der Waals surface area contributed by atoms with Crippen LogP contribution in [0.1, 0.15) is 42.0 Å². The van der Waals surface area contributed by atoms with Crippen LogP contribution in [0.15, 0.2) is 69.3 Å². The maximum absolute atomic E-state index is 13.9. The van der Waals surface area contributed by atoms with Crippen LogP contribution in [0.4, 0.5) is 8.78 Å². The summed E-state index contributed by atoms with van der Waals surface area (Å²) in [6.45, 7) is 3.60. The molecule has 34 heavy (non-hydrogen) atoms. The monoisotopic (exact) mass is 505 g/mol. The van der Waals surface area contributed by atoms with Crippen molar-refractivity contribution >= 4 is 19.9 Å². The normalized spacial score (nSPS) is 15.0. The van der Waals surface area contributed by atoms with E-state index in [0.717, 1.165) is 6.07 Å². The standard InChI is InChI=1S/C25H25F2NO4S2/c1-16(2)21-13-19-8-7-18-9-10-20(26)14-23(18)33(29,30)24(19)15-25(21)34(31,32)28-12-11-17-5-3-4-6-22(17)27/h3-6,9-10,13-16,28H,7-8,11-12H2,1-2H3. The molecule has 0 bridgehead atoms. The molecular formula is C25H25F2NO4S2. The van der Waals surface area contributed by atoms with Crippen molar-refractivity contribution in [1.82, 2.24) is 4.72 Å². The van der Waals surface area contributed by atoms with E-state index in [0.29, 0.717) is 35.1 Å². The van der Waals surface area contributed by atoms with Gasteiger partial charge in [-0.05, 0) is 71.7 Å². The van der Waals surface area contributed by atoms with Crippen molar-refractivity contribution in [2.45, 2.75) is 53.7 Å². The van der Waals surface area contributed by atoms with Gasteiger partial charge >= 0.3 is 0 Å². The summed E-state index contributed by atoms with van der Waals surface area (Å²) >= 11 is 0. The molecule has 1 aliphatic heterocycles. The van der Waals surface area contributed by atoms with Gasteiger partial charge in [0, 0.05) is 6.54 Å². The number of sulfonamides is 1. The maximum atomic E-state index is 13.9. The van der Waals surface area contributed by atoms with Crippen molar-refractivity contribution in [1.29, 1.82) is 0 Å². The lowest BCUT2D eigenvalue weighted by atomic mass is 9.97. The minimum Gasteiger partial charge on any atom is -0.218 e. The van der Waals surface area contributed by atoms with Crippen LogP contribution in [0.3, 0.4) is 0 Å². The first-order valence-electron chi connectivity index (χ1n) is 10.9. The molecule has 0 spiro atoms. The minimum absolute atomic E-state index is 0.0569. The Hall–Kier alpha value is -2.62. The Bertz CT molecular complexity index is 1470. The summed E-state index contributed by atoms with van der Waals surface area (Å²) < 4.78 is 83.7. The third kappa shape index (κ3) is 4.64. The van der Waals surface area contributed by atoms with Gasteiger partial charge in [-0.25, -0.2) is 30.3 Å². The summed E-state index contributed by atoms with van der Waals surface area (Å²) in [6.07, 6.45) is 0.916. The topological polar surface area (TPSA) is 80.3 Å². The van der Waals surface area contributed by atoms with Crippen LogP contribution >= 0.6 is 0 Å². The Kier molecular flexibility index (Phi) is 6.63. The Balaban J connectivity index is 1.76. The van der Waals surface area contributed by atoms with Crippen molar-refractivity contribution in [3.05, 3.63) is 88.5 Å². The first-order chi connectivity index (χ1) is 16.0. The van der Waals surface area contributed by atoms with E-state index in [1.54, 1.807) is 24.3 Å². The molecule has 0 saturated carbocycles. The van der Waals surface area contributed by atoms with Crippen LogP contribution in [-0.2, 0) is 39.1 Å². The number of benzene rings is 3. The largest absolute Gasteiger partial charge is 0.240 e. The SMILES string of the molecule is CC(C)c1cc2c(cc1S(=O)(=O)NCCc1ccccc1F)S(=O)(=O)c1cc(F)ccc1CC2. The number of hydrogen-bond donors (Lipinski definition) is 1. The molecule has 0 unspecified atom stereocenters. The van der Waals surface area contributed by atoms with Crippen molar-refractivity contribution in [3.8, 4) is 0 Å². The van der Waals surface area contributed by atoms with Gasteiger partial charge in [0.2, 0.25) is 19.9 Å². The van der Waals surface area contributed by atoms with Crippen LogP contribution in [0.25, 0.3) is 0 Å². The zero-order valence-corrected chi connectivity index (χ0v) is 20.4. The maximum Gasteiger partial charge on any atom is 0.240 e. The molecule has 0 radical (unpaired) electrons. The van der Waals surface area contributed by atoms with Crippen LogP contribution < -0.4 is 4.72 Å². The molecule has 0 aliphatic carbocycles. The fraction of sp³-hybridized carbons (Fsp3) is 0.280. The molecule has 3 aromatic carbocycles. The highest BCUT2D eigenvalue weighted by Crippen LogP contribution is 2.37. The summed E-state index contributed by atoms with van der Waals surface area (Å²) in [7, 11) is -8.25. The summed E-state index contributed by atoms with van der Waals surface area (Å²) in [5, 5.41) is 0. The number of nitrogens with one attached hydrogen (secondary N) is 1. The van der Waals surface area contributed by atoms with Gasteiger partial charge in [0.15, 0.2) is 0 Å². The van der Waals surface area contributed by atoms with Gasteiger partial charge < -0.3 is 0 Å². The van der Waals surface area contributed by atoms with E-state index in [1.807, 2.05) is 13.8 Å². The molecule has 0 saturated heterocycles. The Labute approximate surface area is 198 Å². The second-order valence-electron chi connectivity index (χ2n) is 8.65. The van der Waals surface area contributed by atoms with E-state index in [9.17, 15) is 25.6 Å².